The summed E-state index contributed by atoms with van der Waals surface area (Å²) in [5.74, 6) is 1.07. The van der Waals surface area contributed by atoms with Crippen molar-refractivity contribution < 1.29 is 26.2 Å². The van der Waals surface area contributed by atoms with Crippen LogP contribution in [0.1, 0.15) is 11.1 Å². The number of fused-ring (bicyclic) bond motifs is 4. The molecule has 4 nitrogen and oxygen atoms in total. The van der Waals surface area contributed by atoms with Crippen LogP contribution in [-0.2, 0) is 33.9 Å². The number of nitrogens with zero attached hydrogens (tertiary/aromatic N) is 3. The number of hydrogen-bond acceptors (Lipinski definition) is 3. The molecule has 0 atom stereocenters. The summed E-state index contributed by atoms with van der Waals surface area (Å²) in [4.78, 5) is 10.6. The Balaban J connectivity index is 0.00000348. The molecule has 0 spiro atoms. The summed E-state index contributed by atoms with van der Waals surface area (Å²) in [5, 5.41) is 13.0. The molecule has 1 N–H and O–H groups in total. The second-order valence-electron chi connectivity index (χ2n) is 12.2. The molecule has 49 heavy (non-hydrogen) atoms. The fourth-order valence-corrected chi connectivity index (χ4v) is 7.09. The van der Waals surface area contributed by atoms with Crippen molar-refractivity contribution in [2.75, 3.05) is 0 Å². The van der Waals surface area contributed by atoms with E-state index in [1.165, 1.54) is 0 Å². The van der Waals surface area contributed by atoms with Gasteiger partial charge in [-0.1, -0.05) is 121 Å². The van der Waals surface area contributed by atoms with Crippen LogP contribution in [0.2, 0.25) is 0 Å². The minimum Gasteiger partial charge on any atom is -0.507 e. The van der Waals surface area contributed by atoms with Crippen LogP contribution in [0.25, 0.3) is 72.7 Å². The Labute approximate surface area is 299 Å². The third-order valence-corrected chi connectivity index (χ3v) is 9.36. The van der Waals surface area contributed by atoms with Crippen molar-refractivity contribution >= 4 is 10.8 Å². The maximum absolute atomic E-state index is 10.9. The molecule has 0 saturated heterocycles. The molecule has 5 heteroatoms. The van der Waals surface area contributed by atoms with E-state index in [1.54, 1.807) is 6.07 Å². The molecule has 0 saturated carbocycles. The summed E-state index contributed by atoms with van der Waals surface area (Å²) < 4.78 is 2.24. The van der Waals surface area contributed by atoms with Gasteiger partial charge in [-0.05, 0) is 47.2 Å². The first-order valence-electron chi connectivity index (χ1n) is 16.3. The summed E-state index contributed by atoms with van der Waals surface area (Å²) in [6.45, 7) is 0. The Morgan fingerprint density at radius 3 is 1.98 bits per heavy atom. The van der Waals surface area contributed by atoms with Crippen LogP contribution in [0.4, 0.5) is 0 Å². The molecule has 0 unspecified atom stereocenters. The average molecular weight is 812 g/mol. The zero-order valence-corrected chi connectivity index (χ0v) is 28.7. The van der Waals surface area contributed by atoms with Crippen molar-refractivity contribution in [1.29, 1.82) is 0 Å². The Kier molecular flexibility index (Phi) is 8.03. The Bertz CT molecular complexity index is 2410. The number of imidazole rings is 1. The van der Waals surface area contributed by atoms with E-state index in [0.717, 1.165) is 96.7 Å². The molecule has 2 aromatic heterocycles. The van der Waals surface area contributed by atoms with Gasteiger partial charge in [-0.15, -0.1) is 35.0 Å². The molecule has 1 aliphatic rings. The van der Waals surface area contributed by atoms with E-state index in [-0.39, 0.29) is 26.8 Å². The second kappa shape index (κ2) is 12.8. The van der Waals surface area contributed by atoms with Gasteiger partial charge in [0, 0.05) is 44.0 Å². The first-order chi connectivity index (χ1) is 23.7. The van der Waals surface area contributed by atoms with Crippen molar-refractivity contribution in [2.45, 2.75) is 12.8 Å². The van der Waals surface area contributed by atoms with Gasteiger partial charge >= 0.3 is 0 Å². The first kappa shape index (κ1) is 30.7. The topological polar surface area (TPSA) is 50.9 Å². The Morgan fingerprint density at radius 1 is 0.571 bits per heavy atom. The van der Waals surface area contributed by atoms with Crippen LogP contribution in [-0.4, -0.2) is 19.6 Å². The number of pyridine rings is 1. The molecule has 238 valence electrons. The van der Waals surface area contributed by atoms with Gasteiger partial charge in [0.05, 0.1) is 17.1 Å². The number of rotatable bonds is 5. The zero-order valence-electron chi connectivity index (χ0n) is 26.5. The summed E-state index contributed by atoms with van der Waals surface area (Å²) in [6, 6.07) is 53.4. The van der Waals surface area contributed by atoms with Gasteiger partial charge < -0.3 is 9.67 Å². The predicted octanol–water partition coefficient (Wildman–Crippen LogP) is 10.4. The standard InChI is InChI=1S/C44H30N3O.Pt/c48-40-23-10-18-32-24-25-33-26-27-38(45-42(33)41(32)40)39-28-47(44(46-39)37-22-9-17-29-16-7-8-19-34(29)37)43-35(30-12-3-1-4-13-30)20-11-21-36(43)31-14-5-2-6-15-31;/h1-18,20-23,26-28,48H,24-25H2;/q-1;. The Morgan fingerprint density at radius 2 is 1.22 bits per heavy atom. The van der Waals surface area contributed by atoms with Gasteiger partial charge in [0.1, 0.15) is 17.3 Å². The number of aryl methyl sites for hydroxylation is 2. The number of phenolic OH excluding ortho intramolecular Hbond substituents is 1. The van der Waals surface area contributed by atoms with E-state index in [2.05, 4.69) is 138 Å². The van der Waals surface area contributed by atoms with E-state index >= 15 is 0 Å². The fraction of sp³-hybridized carbons (Fsp3) is 0.0455. The SMILES string of the molecule is Oc1cccc2c1-c1nc(-c3cn(-c4c(-c5ccccc5)cccc4-c4ccccc4)c(-c4cccc5ccc[c-]c45)n3)ccc1CC2.[Pt]. The number of benzene rings is 6. The average Bonchev–Trinajstić information content (AvgIpc) is 3.60. The summed E-state index contributed by atoms with van der Waals surface area (Å²) in [7, 11) is 0. The second-order valence-corrected chi connectivity index (χ2v) is 12.2. The van der Waals surface area contributed by atoms with Crippen LogP contribution in [0.3, 0.4) is 0 Å². The van der Waals surface area contributed by atoms with Gasteiger partial charge in [0.2, 0.25) is 0 Å². The van der Waals surface area contributed by atoms with Gasteiger partial charge in [0.15, 0.2) is 0 Å². The molecule has 9 rings (SSSR count). The van der Waals surface area contributed by atoms with Crippen LogP contribution in [0.15, 0.2) is 152 Å². The van der Waals surface area contributed by atoms with Crippen molar-refractivity contribution in [2.24, 2.45) is 0 Å². The number of hydrogen-bond donors (Lipinski definition) is 1. The monoisotopic (exact) mass is 811 g/mol. The van der Waals surface area contributed by atoms with E-state index in [4.69, 9.17) is 9.97 Å². The van der Waals surface area contributed by atoms with Crippen molar-refractivity contribution in [3.8, 4) is 67.7 Å². The fourth-order valence-electron chi connectivity index (χ4n) is 7.09. The number of aromatic hydroxyl groups is 1. The predicted molar refractivity (Wildman–Crippen MR) is 194 cm³/mol. The third kappa shape index (κ3) is 5.39. The summed E-state index contributed by atoms with van der Waals surface area (Å²) in [5.41, 5.74) is 11.9. The van der Waals surface area contributed by atoms with Crippen LogP contribution >= 0.6 is 0 Å². The quantitative estimate of drug-likeness (QED) is 0.176. The molecular formula is C44H30N3OPt-. The number of phenols is 1. The van der Waals surface area contributed by atoms with E-state index in [9.17, 15) is 5.11 Å². The van der Waals surface area contributed by atoms with Gasteiger partial charge in [-0.2, -0.15) is 0 Å². The summed E-state index contributed by atoms with van der Waals surface area (Å²) in [6.07, 6.45) is 3.89. The molecule has 0 radical (unpaired) electrons. The molecule has 1 aliphatic carbocycles. The number of para-hydroxylation sites is 1. The largest absolute Gasteiger partial charge is 0.507 e. The molecule has 0 amide bonds. The van der Waals surface area contributed by atoms with Crippen LogP contribution in [0.5, 0.6) is 5.75 Å². The zero-order chi connectivity index (χ0) is 32.0. The Hall–Kier alpha value is -5.57. The number of aromatic nitrogens is 3. The third-order valence-electron chi connectivity index (χ3n) is 9.36. The van der Waals surface area contributed by atoms with Gasteiger partial charge in [-0.3, -0.25) is 0 Å². The van der Waals surface area contributed by atoms with E-state index in [0.29, 0.717) is 0 Å². The molecule has 8 aromatic rings. The maximum Gasteiger partial charge on any atom is 0.125 e. The van der Waals surface area contributed by atoms with Crippen LogP contribution < -0.4 is 0 Å². The van der Waals surface area contributed by atoms with Crippen molar-refractivity contribution in [3.63, 3.8) is 0 Å². The molecule has 0 aliphatic heterocycles. The first-order valence-corrected chi connectivity index (χ1v) is 16.3. The van der Waals surface area contributed by atoms with Gasteiger partial charge in [-0.25, -0.2) is 9.97 Å². The molecule has 2 heterocycles. The normalized spacial score (nSPS) is 11.8. The van der Waals surface area contributed by atoms with E-state index in [1.807, 2.05) is 18.2 Å². The van der Waals surface area contributed by atoms with E-state index < -0.39 is 0 Å². The molecule has 0 fully saturated rings. The minimum atomic E-state index is 0. The van der Waals surface area contributed by atoms with Crippen LogP contribution in [0, 0.1) is 6.07 Å². The van der Waals surface area contributed by atoms with Crippen molar-refractivity contribution in [3.05, 3.63) is 169 Å². The smallest absolute Gasteiger partial charge is 0.125 e. The molecule has 0 bridgehead atoms. The molecule has 6 aromatic carbocycles. The maximum atomic E-state index is 10.9. The summed E-state index contributed by atoms with van der Waals surface area (Å²) >= 11 is 0. The van der Waals surface area contributed by atoms with Crippen molar-refractivity contribution in [1.82, 2.24) is 14.5 Å². The molecular weight excluding hydrogens is 782 g/mol. The van der Waals surface area contributed by atoms with Gasteiger partial charge in [0.25, 0.3) is 0 Å². The minimum absolute atomic E-state index is 0.